The minimum Gasteiger partial charge on any atom is -0.481 e. The second kappa shape index (κ2) is 13.2. The van der Waals surface area contributed by atoms with Gasteiger partial charge in [0.15, 0.2) is 0 Å². The van der Waals surface area contributed by atoms with Crippen molar-refractivity contribution < 1.29 is 19.8 Å². The van der Waals surface area contributed by atoms with Gasteiger partial charge in [-0.3, -0.25) is 9.59 Å². The monoisotopic (exact) mass is 282 g/mol. The summed E-state index contributed by atoms with van der Waals surface area (Å²) in [6, 6.07) is 0. The Balaban J connectivity index is -0.000000605. The number of carbonyl (C=O) groups is 2. The number of halogens is 2. The largest absolute Gasteiger partial charge is 0.481 e. The van der Waals surface area contributed by atoms with E-state index >= 15 is 0 Å². The Morgan fingerprint density at radius 2 is 1.14 bits per heavy atom. The normalized spacial score (nSPS) is 8.29. The summed E-state index contributed by atoms with van der Waals surface area (Å²) in [6.07, 6.45) is 0.259. The van der Waals surface area contributed by atoms with E-state index in [9.17, 15) is 9.59 Å². The maximum Gasteiger partial charge on any atom is 0.304 e. The maximum absolute atomic E-state index is 10.0. The fourth-order valence-electron chi connectivity index (χ4n) is 0.376. The maximum atomic E-state index is 10.0. The molecule has 2 N–H and O–H groups in total. The van der Waals surface area contributed by atoms with Gasteiger partial charge in [0.1, 0.15) is 0 Å². The molecule has 0 aromatic rings. The van der Waals surface area contributed by atoms with Crippen molar-refractivity contribution in [3.8, 4) is 0 Å². The van der Waals surface area contributed by atoms with Gasteiger partial charge in [0, 0.05) is 11.5 Å². The topological polar surface area (TPSA) is 74.6 Å². The lowest BCUT2D eigenvalue weighted by Crippen LogP contribution is -1.96. The molecule has 8 heteroatoms. The van der Waals surface area contributed by atoms with Crippen LogP contribution in [0.15, 0.2) is 0 Å². The summed E-state index contributed by atoms with van der Waals surface area (Å²) < 4.78 is 0. The quantitative estimate of drug-likeness (QED) is 0.551. The average molecular weight is 283 g/mol. The van der Waals surface area contributed by atoms with Gasteiger partial charge in [-0.25, -0.2) is 0 Å². The number of hydrogen-bond donors (Lipinski definition) is 2. The van der Waals surface area contributed by atoms with Crippen LogP contribution < -0.4 is 0 Å². The minimum absolute atomic E-state index is 0. The fourth-order valence-corrected chi connectivity index (χ4v) is 2.33. The first kappa shape index (κ1) is 19.7. The molecule has 0 heterocycles. The second-order valence-corrected chi connectivity index (χ2v) is 4.63. The van der Waals surface area contributed by atoms with Crippen LogP contribution in [0.5, 0.6) is 0 Å². The second-order valence-electron chi connectivity index (χ2n) is 1.93. The van der Waals surface area contributed by atoms with Crippen LogP contribution in [-0.2, 0) is 9.59 Å². The number of rotatable bonds is 7. The van der Waals surface area contributed by atoms with Crippen LogP contribution in [0.1, 0.15) is 12.8 Å². The molecule has 0 spiro atoms. The molecule has 0 aliphatic carbocycles. The van der Waals surface area contributed by atoms with Gasteiger partial charge in [-0.2, -0.15) is 0 Å². The summed E-state index contributed by atoms with van der Waals surface area (Å²) in [5.41, 5.74) is 0. The van der Waals surface area contributed by atoms with E-state index in [-0.39, 0.29) is 37.7 Å². The van der Waals surface area contributed by atoms with E-state index in [1.165, 1.54) is 21.6 Å². The van der Waals surface area contributed by atoms with E-state index in [2.05, 4.69) is 0 Å². The van der Waals surface area contributed by atoms with Gasteiger partial charge in [0.05, 0.1) is 12.8 Å². The third-order valence-corrected chi connectivity index (χ3v) is 3.29. The lowest BCUT2D eigenvalue weighted by Gasteiger charge is -1.95. The zero-order valence-corrected chi connectivity index (χ0v) is 10.4. The molecule has 0 amide bonds. The Morgan fingerprint density at radius 1 is 0.857 bits per heavy atom. The summed E-state index contributed by atoms with van der Waals surface area (Å²) in [7, 11) is 2.79. The molecule has 0 rings (SSSR count). The van der Waals surface area contributed by atoms with Crippen molar-refractivity contribution in [2.75, 3.05) is 11.5 Å². The van der Waals surface area contributed by atoms with E-state index in [0.29, 0.717) is 11.5 Å². The van der Waals surface area contributed by atoms with Crippen molar-refractivity contribution >= 4 is 58.3 Å². The third-order valence-electron chi connectivity index (χ3n) is 0.882. The highest BCUT2D eigenvalue weighted by Crippen LogP contribution is 2.22. The molecule has 86 valence electrons. The van der Waals surface area contributed by atoms with Crippen LogP contribution in [0.3, 0.4) is 0 Å². The van der Waals surface area contributed by atoms with Crippen molar-refractivity contribution in [3.63, 3.8) is 0 Å². The van der Waals surface area contributed by atoms with E-state index in [4.69, 9.17) is 10.2 Å². The Kier molecular flexibility index (Phi) is 18.6. The lowest BCUT2D eigenvalue weighted by molar-refractivity contribution is -0.137. The molecule has 0 radical (unpaired) electrons. The van der Waals surface area contributed by atoms with Crippen LogP contribution in [-0.4, -0.2) is 33.7 Å². The zero-order valence-electron chi connectivity index (χ0n) is 7.17. The molecule has 14 heavy (non-hydrogen) atoms. The van der Waals surface area contributed by atoms with Crippen molar-refractivity contribution in [2.24, 2.45) is 0 Å². The van der Waals surface area contributed by atoms with Crippen LogP contribution >= 0.6 is 46.4 Å². The Labute approximate surface area is 102 Å². The van der Waals surface area contributed by atoms with Crippen molar-refractivity contribution in [2.45, 2.75) is 12.8 Å². The molecule has 0 atom stereocenters. The SMILES string of the molecule is Cl.Cl.O=C(O)CCSSCCC(=O)O. The first-order valence-corrected chi connectivity index (χ1v) is 5.79. The van der Waals surface area contributed by atoms with Crippen molar-refractivity contribution in [1.29, 1.82) is 0 Å². The van der Waals surface area contributed by atoms with Gasteiger partial charge in [-0.15, -0.1) is 24.8 Å². The van der Waals surface area contributed by atoms with Crippen molar-refractivity contribution in [3.05, 3.63) is 0 Å². The minimum atomic E-state index is -0.818. The molecule has 0 aliphatic heterocycles. The number of carboxylic acids is 2. The highest BCUT2D eigenvalue weighted by Gasteiger charge is 1.99. The molecular weight excluding hydrogens is 271 g/mol. The molecule has 0 fully saturated rings. The highest BCUT2D eigenvalue weighted by molar-refractivity contribution is 8.76. The van der Waals surface area contributed by atoms with Gasteiger partial charge in [0.25, 0.3) is 0 Å². The van der Waals surface area contributed by atoms with Gasteiger partial charge in [-0.05, 0) is 0 Å². The van der Waals surface area contributed by atoms with E-state index in [0.717, 1.165) is 0 Å². The molecule has 0 saturated carbocycles. The standard InChI is InChI=1S/C6H10O4S2.2ClH/c7-5(8)1-3-11-12-4-2-6(9)10;;/h1-4H2,(H,7,8)(H,9,10);2*1H. The Hall–Kier alpha value is 0.220. The third kappa shape index (κ3) is 18.1. The van der Waals surface area contributed by atoms with E-state index in [1.54, 1.807) is 0 Å². The molecule has 0 aromatic heterocycles. The predicted octanol–water partition coefficient (Wildman–Crippen LogP) is 2.16. The fraction of sp³-hybridized carbons (Fsp3) is 0.667. The average Bonchev–Trinajstić information content (AvgIpc) is 1.95. The lowest BCUT2D eigenvalue weighted by atomic mass is 10.5. The molecule has 0 saturated heterocycles. The number of carboxylic acid groups (broad SMARTS) is 2. The molecule has 0 aromatic carbocycles. The van der Waals surface area contributed by atoms with Gasteiger partial charge < -0.3 is 10.2 Å². The Morgan fingerprint density at radius 3 is 1.36 bits per heavy atom. The summed E-state index contributed by atoms with van der Waals surface area (Å²) >= 11 is 0. The predicted molar refractivity (Wildman–Crippen MR) is 63.9 cm³/mol. The van der Waals surface area contributed by atoms with Crippen LogP contribution in [0.25, 0.3) is 0 Å². The van der Waals surface area contributed by atoms with Gasteiger partial charge in [-0.1, -0.05) is 21.6 Å². The number of aliphatic carboxylic acids is 2. The summed E-state index contributed by atoms with van der Waals surface area (Å²) in [4.78, 5) is 20.0. The zero-order chi connectivity index (χ0) is 9.40. The van der Waals surface area contributed by atoms with Crippen LogP contribution in [0.4, 0.5) is 0 Å². The first-order valence-electron chi connectivity index (χ1n) is 3.31. The first-order chi connectivity index (χ1) is 5.63. The van der Waals surface area contributed by atoms with Gasteiger partial charge in [0.2, 0.25) is 0 Å². The van der Waals surface area contributed by atoms with Gasteiger partial charge >= 0.3 is 11.9 Å². The molecule has 0 unspecified atom stereocenters. The van der Waals surface area contributed by atoms with Crippen molar-refractivity contribution in [1.82, 2.24) is 0 Å². The smallest absolute Gasteiger partial charge is 0.304 e. The van der Waals surface area contributed by atoms with Crippen LogP contribution in [0.2, 0.25) is 0 Å². The summed E-state index contributed by atoms with van der Waals surface area (Å²) in [6.45, 7) is 0. The number of hydrogen-bond acceptors (Lipinski definition) is 4. The molecular formula is C6H12Cl2O4S2. The summed E-state index contributed by atoms with van der Waals surface area (Å²) in [5.74, 6) is -0.582. The molecule has 0 bridgehead atoms. The van der Waals surface area contributed by atoms with Crippen LogP contribution in [0, 0.1) is 0 Å². The molecule has 0 aliphatic rings. The summed E-state index contributed by atoms with van der Waals surface area (Å²) in [5, 5.41) is 16.5. The Bertz CT molecular complexity index is 150. The van der Waals surface area contributed by atoms with E-state index < -0.39 is 11.9 Å². The highest BCUT2D eigenvalue weighted by atomic mass is 35.5. The molecule has 4 nitrogen and oxygen atoms in total. The van der Waals surface area contributed by atoms with E-state index in [1.807, 2.05) is 0 Å².